The van der Waals surface area contributed by atoms with E-state index < -0.39 is 22.6 Å². The van der Waals surface area contributed by atoms with Crippen LogP contribution in [0.1, 0.15) is 27.6 Å². The van der Waals surface area contributed by atoms with Crippen molar-refractivity contribution in [3.8, 4) is 0 Å². The number of esters is 1. The molecule has 0 bridgehead atoms. The Morgan fingerprint density at radius 2 is 1.67 bits per heavy atom. The lowest BCUT2D eigenvalue weighted by Crippen LogP contribution is -2.23. The van der Waals surface area contributed by atoms with Gasteiger partial charge in [0.05, 0.1) is 10.5 Å². The number of sulfonamides is 1. The number of ketones is 1. The average Bonchev–Trinajstić information content (AvgIpc) is 2.60. The molecule has 0 aliphatic carbocycles. The van der Waals surface area contributed by atoms with E-state index >= 15 is 0 Å². The molecule has 0 amide bonds. The van der Waals surface area contributed by atoms with Gasteiger partial charge in [-0.05, 0) is 18.2 Å². The lowest BCUT2D eigenvalue weighted by atomic mass is 10.1. The number of Topliss-reactive ketones (excluding diaryl/α,β-unsaturated/α-hetero) is 1. The zero-order valence-electron chi connectivity index (χ0n) is 13.1. The Hall–Kier alpha value is -2.51. The van der Waals surface area contributed by atoms with Crippen LogP contribution in [0.15, 0.2) is 59.5 Å². The molecule has 0 saturated heterocycles. The van der Waals surface area contributed by atoms with Crippen molar-refractivity contribution in [3.63, 3.8) is 0 Å². The fourth-order valence-electron chi connectivity index (χ4n) is 1.99. The molecule has 2 rings (SSSR count). The van der Waals surface area contributed by atoms with Gasteiger partial charge in [-0.15, -0.1) is 0 Å². The summed E-state index contributed by atoms with van der Waals surface area (Å²) < 4.78 is 31.2. The first-order valence-electron chi connectivity index (χ1n) is 7.29. The fraction of sp³-hybridized carbons (Fsp3) is 0.176. The summed E-state index contributed by atoms with van der Waals surface area (Å²) in [6.07, 6.45) is 0. The molecule has 0 aliphatic rings. The summed E-state index contributed by atoms with van der Waals surface area (Å²) >= 11 is 0. The highest BCUT2D eigenvalue weighted by molar-refractivity contribution is 7.89. The molecule has 0 spiro atoms. The number of carbonyl (C=O) groups is 2. The molecule has 1 N–H and O–H groups in total. The van der Waals surface area contributed by atoms with Crippen molar-refractivity contribution in [3.05, 3.63) is 65.7 Å². The van der Waals surface area contributed by atoms with Crippen LogP contribution >= 0.6 is 0 Å². The van der Waals surface area contributed by atoms with E-state index in [1.165, 1.54) is 24.3 Å². The van der Waals surface area contributed by atoms with Crippen molar-refractivity contribution < 1.29 is 22.7 Å². The third kappa shape index (κ3) is 4.50. The van der Waals surface area contributed by atoms with Crippen LogP contribution in [0.5, 0.6) is 0 Å². The monoisotopic (exact) mass is 347 g/mol. The van der Waals surface area contributed by atoms with Crippen LogP contribution in [-0.2, 0) is 14.8 Å². The van der Waals surface area contributed by atoms with Crippen LogP contribution in [0.25, 0.3) is 0 Å². The van der Waals surface area contributed by atoms with Crippen molar-refractivity contribution in [2.45, 2.75) is 11.8 Å². The van der Waals surface area contributed by atoms with Gasteiger partial charge in [0.1, 0.15) is 0 Å². The van der Waals surface area contributed by atoms with Gasteiger partial charge in [0.2, 0.25) is 10.0 Å². The highest BCUT2D eigenvalue weighted by Crippen LogP contribution is 2.12. The van der Waals surface area contributed by atoms with Crippen LogP contribution < -0.4 is 4.72 Å². The second-order valence-electron chi connectivity index (χ2n) is 4.89. The summed E-state index contributed by atoms with van der Waals surface area (Å²) in [4.78, 5) is 23.9. The van der Waals surface area contributed by atoms with Crippen molar-refractivity contribution >= 4 is 21.8 Å². The highest BCUT2D eigenvalue weighted by Gasteiger charge is 2.17. The van der Waals surface area contributed by atoms with E-state index in [0.29, 0.717) is 5.56 Å². The minimum absolute atomic E-state index is 0.0341. The molecule has 0 aliphatic heterocycles. The van der Waals surface area contributed by atoms with Crippen LogP contribution in [0.3, 0.4) is 0 Å². The van der Waals surface area contributed by atoms with Gasteiger partial charge in [-0.1, -0.05) is 43.3 Å². The number of hydrogen-bond donors (Lipinski definition) is 1. The molecule has 7 heteroatoms. The summed E-state index contributed by atoms with van der Waals surface area (Å²) in [6.45, 7) is 1.49. The zero-order valence-corrected chi connectivity index (χ0v) is 13.9. The Balaban J connectivity index is 2.07. The average molecular weight is 347 g/mol. The molecule has 24 heavy (non-hydrogen) atoms. The summed E-state index contributed by atoms with van der Waals surface area (Å²) in [6, 6.07) is 13.9. The van der Waals surface area contributed by atoms with Gasteiger partial charge in [0.25, 0.3) is 0 Å². The quantitative estimate of drug-likeness (QED) is 0.611. The second kappa shape index (κ2) is 7.85. The fourth-order valence-corrected chi connectivity index (χ4v) is 3.07. The Labute approximate surface area is 140 Å². The molecular formula is C17H17NO5S. The number of carbonyl (C=O) groups excluding carboxylic acids is 2. The molecule has 0 fully saturated rings. The van der Waals surface area contributed by atoms with Gasteiger partial charge < -0.3 is 4.74 Å². The van der Waals surface area contributed by atoms with E-state index in [-0.39, 0.29) is 22.8 Å². The maximum absolute atomic E-state index is 12.0. The largest absolute Gasteiger partial charge is 0.454 e. The SMILES string of the molecule is CCNS(=O)(=O)c1cccc(C(=O)OCC(=O)c2ccccc2)c1. The number of rotatable bonds is 7. The van der Waals surface area contributed by atoms with Gasteiger partial charge in [-0.25, -0.2) is 17.9 Å². The number of benzene rings is 2. The third-order valence-corrected chi connectivity index (χ3v) is 4.69. The van der Waals surface area contributed by atoms with E-state index in [1.807, 2.05) is 0 Å². The van der Waals surface area contributed by atoms with Crippen LogP contribution in [-0.4, -0.2) is 33.3 Å². The summed E-state index contributed by atoms with van der Waals surface area (Å²) in [5.41, 5.74) is 0.503. The first-order chi connectivity index (χ1) is 11.4. The van der Waals surface area contributed by atoms with Gasteiger partial charge in [0, 0.05) is 12.1 Å². The smallest absolute Gasteiger partial charge is 0.338 e. The Morgan fingerprint density at radius 3 is 2.33 bits per heavy atom. The van der Waals surface area contributed by atoms with Crippen molar-refractivity contribution in [2.24, 2.45) is 0 Å². The van der Waals surface area contributed by atoms with E-state index in [9.17, 15) is 18.0 Å². The molecule has 6 nitrogen and oxygen atoms in total. The predicted molar refractivity (Wildman–Crippen MR) is 88.4 cm³/mol. The maximum Gasteiger partial charge on any atom is 0.338 e. The lowest BCUT2D eigenvalue weighted by Gasteiger charge is -2.07. The Bertz CT molecular complexity index is 831. The third-order valence-electron chi connectivity index (χ3n) is 3.14. The van der Waals surface area contributed by atoms with Crippen LogP contribution in [0.4, 0.5) is 0 Å². The number of nitrogens with one attached hydrogen (secondary N) is 1. The molecule has 0 unspecified atom stereocenters. The second-order valence-corrected chi connectivity index (χ2v) is 6.66. The van der Waals surface area contributed by atoms with E-state index in [4.69, 9.17) is 4.74 Å². The topological polar surface area (TPSA) is 89.5 Å². The summed E-state index contributed by atoms with van der Waals surface area (Å²) in [7, 11) is -3.67. The van der Waals surface area contributed by atoms with E-state index in [1.54, 1.807) is 37.3 Å². The minimum Gasteiger partial charge on any atom is -0.454 e. The summed E-state index contributed by atoms with van der Waals surface area (Å²) in [5, 5.41) is 0. The molecule has 0 radical (unpaired) electrons. The van der Waals surface area contributed by atoms with Gasteiger partial charge in [-0.2, -0.15) is 0 Å². The molecule has 0 atom stereocenters. The molecule has 0 aromatic heterocycles. The van der Waals surface area contributed by atoms with Crippen molar-refractivity contribution in [2.75, 3.05) is 13.2 Å². The van der Waals surface area contributed by atoms with Gasteiger partial charge in [0.15, 0.2) is 12.4 Å². The van der Waals surface area contributed by atoms with Crippen LogP contribution in [0.2, 0.25) is 0 Å². The molecule has 0 heterocycles. The Kier molecular flexibility index (Phi) is 5.83. The number of ether oxygens (including phenoxy) is 1. The first kappa shape index (κ1) is 17.8. The van der Waals surface area contributed by atoms with Crippen molar-refractivity contribution in [1.82, 2.24) is 4.72 Å². The molecule has 2 aromatic carbocycles. The maximum atomic E-state index is 12.0. The zero-order chi connectivity index (χ0) is 17.6. The lowest BCUT2D eigenvalue weighted by molar-refractivity contribution is 0.0474. The predicted octanol–water partition coefficient (Wildman–Crippen LogP) is 2.02. The van der Waals surface area contributed by atoms with E-state index in [2.05, 4.69) is 4.72 Å². The van der Waals surface area contributed by atoms with Gasteiger partial charge >= 0.3 is 5.97 Å². The molecular weight excluding hydrogens is 330 g/mol. The summed E-state index contributed by atoms with van der Waals surface area (Å²) in [5.74, 6) is -1.09. The van der Waals surface area contributed by atoms with E-state index in [0.717, 1.165) is 0 Å². The minimum atomic E-state index is -3.67. The molecule has 2 aromatic rings. The normalized spacial score (nSPS) is 11.0. The van der Waals surface area contributed by atoms with Crippen molar-refractivity contribution in [1.29, 1.82) is 0 Å². The van der Waals surface area contributed by atoms with Gasteiger partial charge in [-0.3, -0.25) is 4.79 Å². The highest BCUT2D eigenvalue weighted by atomic mass is 32.2. The molecule has 0 saturated carbocycles. The van der Waals surface area contributed by atoms with Crippen LogP contribution in [0, 0.1) is 0 Å². The number of hydrogen-bond acceptors (Lipinski definition) is 5. The standard InChI is InChI=1S/C17H17NO5S/c1-2-18-24(21,22)15-10-6-9-14(11-15)17(20)23-12-16(19)13-7-4-3-5-8-13/h3-11,18H,2,12H2,1H3. The Morgan fingerprint density at radius 1 is 1.00 bits per heavy atom. The first-order valence-corrected chi connectivity index (χ1v) is 8.77. The molecule has 126 valence electrons.